The first-order valence-corrected chi connectivity index (χ1v) is 9.28. The Morgan fingerprint density at radius 2 is 1.92 bits per heavy atom. The largest absolute Gasteiger partial charge is 0.391 e. The number of hydrogen-bond donors (Lipinski definition) is 1. The second-order valence-electron chi connectivity index (χ2n) is 7.53. The second-order valence-corrected chi connectivity index (χ2v) is 7.53. The molecule has 2 saturated heterocycles. The highest BCUT2D eigenvalue weighted by molar-refractivity contribution is 5.80. The van der Waals surface area contributed by atoms with Crippen molar-refractivity contribution in [1.82, 2.24) is 19.7 Å². The Kier molecular flexibility index (Phi) is 5.76. The van der Waals surface area contributed by atoms with Gasteiger partial charge in [-0.2, -0.15) is 0 Å². The van der Waals surface area contributed by atoms with Gasteiger partial charge < -0.3 is 19.8 Å². The fraction of sp³-hybridized carbons (Fsp3) is 0.632. The number of amides is 3. The van der Waals surface area contributed by atoms with Gasteiger partial charge in [0.15, 0.2) is 0 Å². The molecule has 3 heterocycles. The first-order valence-electron chi connectivity index (χ1n) is 9.28. The molecule has 2 aliphatic heterocycles. The van der Waals surface area contributed by atoms with Crippen molar-refractivity contribution in [3.8, 4) is 0 Å². The Bertz CT molecular complexity index is 629. The number of pyridine rings is 1. The molecule has 0 bridgehead atoms. The van der Waals surface area contributed by atoms with E-state index in [2.05, 4.69) is 4.98 Å². The number of β-amino-alcohol motifs (C(OH)–C–C–N with tert-alkyl or cyclic N) is 1. The van der Waals surface area contributed by atoms with Crippen molar-refractivity contribution in [2.24, 2.45) is 11.8 Å². The van der Waals surface area contributed by atoms with Crippen LogP contribution in [-0.4, -0.2) is 83.1 Å². The van der Waals surface area contributed by atoms with Gasteiger partial charge in [-0.15, -0.1) is 0 Å². The predicted octanol–water partition coefficient (Wildman–Crippen LogP) is 0.837. The average molecular weight is 360 g/mol. The van der Waals surface area contributed by atoms with E-state index in [1.807, 2.05) is 18.2 Å². The monoisotopic (exact) mass is 360 g/mol. The SMILES string of the molecule is CN(C)C(=O)N1CCC(C(=O)N2C[C@@H](Cc3ccccn3)[C@H](O)C2)CC1. The highest BCUT2D eigenvalue weighted by atomic mass is 16.3. The number of nitrogens with zero attached hydrogens (tertiary/aromatic N) is 4. The van der Waals surface area contributed by atoms with Crippen LogP contribution in [0.25, 0.3) is 0 Å². The molecule has 3 rings (SSSR count). The number of rotatable bonds is 3. The van der Waals surface area contributed by atoms with Gasteiger partial charge in [-0.25, -0.2) is 4.79 Å². The van der Waals surface area contributed by atoms with Crippen molar-refractivity contribution in [1.29, 1.82) is 0 Å². The summed E-state index contributed by atoms with van der Waals surface area (Å²) in [6.07, 6.45) is 3.31. The number of aliphatic hydroxyl groups excluding tert-OH is 1. The van der Waals surface area contributed by atoms with Gasteiger partial charge in [0.25, 0.3) is 0 Å². The summed E-state index contributed by atoms with van der Waals surface area (Å²) in [6, 6.07) is 5.77. The van der Waals surface area contributed by atoms with Crippen LogP contribution in [0.15, 0.2) is 24.4 Å². The Balaban J connectivity index is 1.52. The van der Waals surface area contributed by atoms with Crippen LogP contribution < -0.4 is 0 Å². The first kappa shape index (κ1) is 18.6. The van der Waals surface area contributed by atoms with Gasteiger partial charge >= 0.3 is 6.03 Å². The zero-order valence-electron chi connectivity index (χ0n) is 15.5. The maximum atomic E-state index is 12.8. The van der Waals surface area contributed by atoms with Crippen LogP contribution in [0.5, 0.6) is 0 Å². The molecule has 1 aromatic rings. The fourth-order valence-electron chi connectivity index (χ4n) is 3.88. The Hall–Kier alpha value is -2.15. The molecule has 0 saturated carbocycles. The number of urea groups is 1. The van der Waals surface area contributed by atoms with Gasteiger partial charge in [-0.05, 0) is 31.4 Å². The molecule has 0 unspecified atom stereocenters. The smallest absolute Gasteiger partial charge is 0.319 e. The molecule has 1 aromatic heterocycles. The number of piperidine rings is 1. The van der Waals surface area contributed by atoms with Gasteiger partial charge in [0, 0.05) is 64.0 Å². The highest BCUT2D eigenvalue weighted by Crippen LogP contribution is 2.26. The summed E-state index contributed by atoms with van der Waals surface area (Å²) in [4.78, 5) is 34.3. The molecule has 7 heteroatoms. The summed E-state index contributed by atoms with van der Waals surface area (Å²) in [5, 5.41) is 10.4. The molecule has 26 heavy (non-hydrogen) atoms. The van der Waals surface area contributed by atoms with Crippen LogP contribution in [0, 0.1) is 11.8 Å². The van der Waals surface area contributed by atoms with E-state index in [0.29, 0.717) is 45.4 Å². The third-order valence-corrected chi connectivity index (χ3v) is 5.41. The molecular formula is C19H28N4O3. The predicted molar refractivity (Wildman–Crippen MR) is 97.4 cm³/mol. The van der Waals surface area contributed by atoms with E-state index in [0.717, 1.165) is 5.69 Å². The molecule has 0 radical (unpaired) electrons. The average Bonchev–Trinajstić information content (AvgIpc) is 3.02. The van der Waals surface area contributed by atoms with Crippen molar-refractivity contribution in [2.45, 2.75) is 25.4 Å². The maximum absolute atomic E-state index is 12.8. The molecule has 1 N–H and O–H groups in total. The molecule has 2 aliphatic rings. The first-order chi connectivity index (χ1) is 12.5. The van der Waals surface area contributed by atoms with E-state index in [4.69, 9.17) is 0 Å². The van der Waals surface area contributed by atoms with Gasteiger partial charge in [0.2, 0.25) is 5.91 Å². The number of aliphatic hydroxyl groups is 1. The van der Waals surface area contributed by atoms with E-state index in [1.165, 1.54) is 0 Å². The van der Waals surface area contributed by atoms with Crippen LogP contribution in [0.3, 0.4) is 0 Å². The summed E-state index contributed by atoms with van der Waals surface area (Å²) < 4.78 is 0. The molecular weight excluding hydrogens is 332 g/mol. The molecule has 2 atom stereocenters. The molecule has 142 valence electrons. The quantitative estimate of drug-likeness (QED) is 0.866. The lowest BCUT2D eigenvalue weighted by Crippen LogP contribution is -2.47. The summed E-state index contributed by atoms with van der Waals surface area (Å²) in [6.45, 7) is 2.20. The summed E-state index contributed by atoms with van der Waals surface area (Å²) in [5.41, 5.74) is 0.946. The lowest BCUT2D eigenvalue weighted by Gasteiger charge is -2.34. The lowest BCUT2D eigenvalue weighted by molar-refractivity contribution is -0.136. The highest BCUT2D eigenvalue weighted by Gasteiger charge is 2.38. The van der Waals surface area contributed by atoms with Crippen molar-refractivity contribution in [3.05, 3.63) is 30.1 Å². The van der Waals surface area contributed by atoms with Crippen LogP contribution in [0.1, 0.15) is 18.5 Å². The zero-order chi connectivity index (χ0) is 18.7. The lowest BCUT2D eigenvalue weighted by atomic mass is 9.95. The van der Waals surface area contributed by atoms with Crippen molar-refractivity contribution in [3.63, 3.8) is 0 Å². The fourth-order valence-corrected chi connectivity index (χ4v) is 3.88. The number of carbonyl (C=O) groups excluding carboxylic acids is 2. The Labute approximate surface area is 154 Å². The molecule has 2 fully saturated rings. The molecule has 0 aromatic carbocycles. The summed E-state index contributed by atoms with van der Waals surface area (Å²) >= 11 is 0. The normalized spacial score (nSPS) is 24.0. The maximum Gasteiger partial charge on any atom is 0.319 e. The van der Waals surface area contributed by atoms with Crippen molar-refractivity contribution >= 4 is 11.9 Å². The molecule has 7 nitrogen and oxygen atoms in total. The minimum absolute atomic E-state index is 0.00270. The third kappa shape index (κ3) is 4.15. The number of likely N-dealkylation sites (tertiary alicyclic amines) is 2. The van der Waals surface area contributed by atoms with Crippen molar-refractivity contribution < 1.29 is 14.7 Å². The Morgan fingerprint density at radius 3 is 2.54 bits per heavy atom. The van der Waals surface area contributed by atoms with Gasteiger partial charge in [0.1, 0.15) is 0 Å². The van der Waals surface area contributed by atoms with Gasteiger partial charge in [0.05, 0.1) is 6.10 Å². The standard InChI is InChI=1S/C19H28N4O3/c1-21(2)19(26)22-9-6-14(7-10-22)18(25)23-12-15(17(24)13-23)11-16-5-3-4-8-20-16/h3-5,8,14-15,17,24H,6-7,9-13H2,1-2H3/t15-,17-/m1/s1. The second kappa shape index (κ2) is 8.03. The Morgan fingerprint density at radius 1 is 1.19 bits per heavy atom. The number of aromatic nitrogens is 1. The molecule has 3 amide bonds. The van der Waals surface area contributed by atoms with E-state index in [9.17, 15) is 14.7 Å². The van der Waals surface area contributed by atoms with E-state index < -0.39 is 6.10 Å². The van der Waals surface area contributed by atoms with E-state index in [1.54, 1.807) is 35.0 Å². The molecule has 0 aliphatic carbocycles. The zero-order valence-corrected chi connectivity index (χ0v) is 15.5. The van der Waals surface area contributed by atoms with Crippen LogP contribution in [-0.2, 0) is 11.2 Å². The van der Waals surface area contributed by atoms with Crippen LogP contribution in [0.4, 0.5) is 4.79 Å². The topological polar surface area (TPSA) is 77.0 Å². The van der Waals surface area contributed by atoms with Crippen LogP contribution in [0.2, 0.25) is 0 Å². The number of carbonyl (C=O) groups is 2. The van der Waals surface area contributed by atoms with E-state index >= 15 is 0 Å². The third-order valence-electron chi connectivity index (χ3n) is 5.41. The summed E-state index contributed by atoms with van der Waals surface area (Å²) in [5.74, 6) is 0.0933. The minimum atomic E-state index is -0.503. The van der Waals surface area contributed by atoms with Gasteiger partial charge in [-0.3, -0.25) is 9.78 Å². The van der Waals surface area contributed by atoms with Gasteiger partial charge in [-0.1, -0.05) is 6.07 Å². The number of hydrogen-bond acceptors (Lipinski definition) is 4. The molecule has 0 spiro atoms. The minimum Gasteiger partial charge on any atom is -0.391 e. The van der Waals surface area contributed by atoms with E-state index in [-0.39, 0.29) is 23.8 Å². The van der Waals surface area contributed by atoms with Crippen molar-refractivity contribution in [2.75, 3.05) is 40.3 Å². The summed E-state index contributed by atoms with van der Waals surface area (Å²) in [7, 11) is 3.49. The van der Waals surface area contributed by atoms with Crippen LogP contribution >= 0.6 is 0 Å².